The lowest BCUT2D eigenvalue weighted by Crippen LogP contribution is -2.52. The Morgan fingerprint density at radius 1 is 0.727 bits per heavy atom. The molecule has 44 heavy (non-hydrogen) atoms. The highest BCUT2D eigenvalue weighted by Crippen LogP contribution is 2.40. The van der Waals surface area contributed by atoms with Crippen LogP contribution in [0.4, 0.5) is 11.9 Å². The highest BCUT2D eigenvalue weighted by Gasteiger charge is 2.50. The first-order valence-electron chi connectivity index (χ1n) is 14.6. The molecular formula is C26H32N10O8. The number of aromatic amines is 2. The third kappa shape index (κ3) is 6.09. The Bertz CT molecular complexity index is 1470. The predicted molar refractivity (Wildman–Crippen MR) is 147 cm³/mol. The van der Waals surface area contributed by atoms with Crippen LogP contribution in [-0.2, 0) is 44.5 Å². The maximum Gasteiger partial charge on any atom is 0.369 e. The number of aromatic nitrogens is 6. The molecule has 0 unspecified atom stereocenters. The number of nitrogens with one attached hydrogen (secondary N) is 4. The first kappa shape index (κ1) is 29.2. The van der Waals surface area contributed by atoms with E-state index in [0.29, 0.717) is 62.5 Å². The number of carbonyl (C=O) groups excluding carboxylic acids is 4. The van der Waals surface area contributed by atoms with E-state index < -0.39 is 46.9 Å². The summed E-state index contributed by atoms with van der Waals surface area (Å²) in [6, 6.07) is 0. The summed E-state index contributed by atoms with van der Waals surface area (Å²) in [6.07, 6.45) is 5.86. The molecule has 2 aromatic heterocycles. The van der Waals surface area contributed by atoms with Crippen molar-refractivity contribution < 1.29 is 38.1 Å². The lowest BCUT2D eigenvalue weighted by Gasteiger charge is -2.40. The van der Waals surface area contributed by atoms with Crippen molar-refractivity contribution in [1.29, 1.82) is 0 Å². The fourth-order valence-corrected chi connectivity index (χ4v) is 5.83. The van der Waals surface area contributed by atoms with Gasteiger partial charge in [0.2, 0.25) is 0 Å². The predicted octanol–water partition coefficient (Wildman–Crippen LogP) is 1.39. The molecule has 2 saturated heterocycles. The number of hydrogen-bond acceptors (Lipinski definition) is 16. The zero-order valence-electron chi connectivity index (χ0n) is 24.2. The summed E-state index contributed by atoms with van der Waals surface area (Å²) in [7, 11) is 0. The normalized spacial score (nSPS) is 28.7. The van der Waals surface area contributed by atoms with Gasteiger partial charge in [0.05, 0.1) is 0 Å². The molecule has 18 nitrogen and oxygen atoms in total. The summed E-state index contributed by atoms with van der Waals surface area (Å²) in [6.45, 7) is 3.79. The third-order valence-corrected chi connectivity index (χ3v) is 8.35. The Labute approximate surface area is 250 Å². The fourth-order valence-electron chi connectivity index (χ4n) is 5.83. The molecule has 4 fully saturated rings. The van der Waals surface area contributed by atoms with Gasteiger partial charge in [-0.25, -0.2) is 30.0 Å². The highest BCUT2D eigenvalue weighted by molar-refractivity contribution is 6.63. The van der Waals surface area contributed by atoms with Gasteiger partial charge in [0.15, 0.2) is 0 Å². The smallest absolute Gasteiger partial charge is 0.369 e. The van der Waals surface area contributed by atoms with Gasteiger partial charge in [-0.1, -0.05) is 13.3 Å². The van der Waals surface area contributed by atoms with E-state index in [9.17, 15) is 19.2 Å². The molecule has 2 saturated carbocycles. The molecular weight excluding hydrogens is 580 g/mol. The summed E-state index contributed by atoms with van der Waals surface area (Å²) in [4.78, 5) is 58.6. The number of nitrogens with zero attached hydrogens (tertiary/aromatic N) is 6. The maximum atomic E-state index is 12.6. The molecule has 0 atom stereocenters. The Hall–Kier alpha value is -4.90. The number of H-pyrrole nitrogens is 2. The largest absolute Gasteiger partial charge is 0.417 e. The molecule has 4 heterocycles. The van der Waals surface area contributed by atoms with Crippen molar-refractivity contribution in [3.8, 4) is 0 Å². The van der Waals surface area contributed by atoms with Crippen molar-refractivity contribution >= 4 is 47.2 Å². The monoisotopic (exact) mass is 612 g/mol. The average Bonchev–Trinajstić information content (AvgIpc) is 3.62. The molecule has 0 amide bonds. The molecule has 2 aliphatic heterocycles. The molecule has 0 aromatic carbocycles. The summed E-state index contributed by atoms with van der Waals surface area (Å²) in [5.74, 6) is -4.19. The lowest BCUT2D eigenvalue weighted by atomic mass is 9.82. The van der Waals surface area contributed by atoms with Gasteiger partial charge < -0.3 is 18.9 Å². The second-order valence-corrected chi connectivity index (χ2v) is 11.4. The minimum Gasteiger partial charge on any atom is -0.417 e. The van der Waals surface area contributed by atoms with Crippen molar-refractivity contribution in [2.24, 2.45) is 22.0 Å². The van der Waals surface area contributed by atoms with E-state index in [-0.39, 0.29) is 17.8 Å². The van der Waals surface area contributed by atoms with Crippen LogP contribution in [0.5, 0.6) is 0 Å². The highest BCUT2D eigenvalue weighted by atomic mass is 16.8. The number of hydrazone groups is 2. The summed E-state index contributed by atoms with van der Waals surface area (Å²) in [5, 5.41) is 20.9. The van der Waals surface area contributed by atoms with Crippen LogP contribution < -0.4 is 10.9 Å². The van der Waals surface area contributed by atoms with Crippen LogP contribution in [0.15, 0.2) is 10.2 Å². The molecule has 18 heteroatoms. The molecule has 2 spiro atoms. The van der Waals surface area contributed by atoms with Crippen molar-refractivity contribution in [3.63, 3.8) is 0 Å². The quantitative estimate of drug-likeness (QED) is 0.255. The topological polar surface area (TPSA) is 237 Å². The molecule has 0 bridgehead atoms. The van der Waals surface area contributed by atoms with E-state index in [1.807, 2.05) is 0 Å². The Morgan fingerprint density at radius 2 is 1.18 bits per heavy atom. The van der Waals surface area contributed by atoms with Crippen molar-refractivity contribution in [2.45, 2.75) is 89.6 Å². The number of rotatable bonds is 7. The second kappa shape index (κ2) is 11.6. The molecule has 2 aromatic rings. The van der Waals surface area contributed by atoms with Crippen LogP contribution in [-0.4, -0.2) is 77.2 Å². The van der Waals surface area contributed by atoms with Gasteiger partial charge in [-0.05, 0) is 44.4 Å². The van der Waals surface area contributed by atoms with Crippen LogP contribution >= 0.6 is 0 Å². The first-order valence-corrected chi connectivity index (χ1v) is 14.6. The molecule has 2 aliphatic carbocycles. The van der Waals surface area contributed by atoms with Crippen LogP contribution in [0.1, 0.15) is 76.4 Å². The van der Waals surface area contributed by atoms with Gasteiger partial charge >= 0.3 is 23.9 Å². The van der Waals surface area contributed by atoms with Gasteiger partial charge in [-0.3, -0.25) is 10.2 Å². The van der Waals surface area contributed by atoms with E-state index in [1.165, 1.54) is 0 Å². The fraction of sp³-hybridized carbons (Fsp3) is 0.615. The SMILES string of the molecule is CCC1CCC2(CC1)OC(=O)C(=NNc1n[nH]c(CC3CCC4(CC3)OC(=O)C(=NNc3n[nH]c(C)n3)C(=O)O4)n1)C(=O)O2. The van der Waals surface area contributed by atoms with Crippen molar-refractivity contribution in [2.75, 3.05) is 10.9 Å². The van der Waals surface area contributed by atoms with Gasteiger partial charge in [0.1, 0.15) is 11.6 Å². The molecule has 4 N–H and O–H groups in total. The van der Waals surface area contributed by atoms with Gasteiger partial charge in [-0.2, -0.15) is 20.2 Å². The number of aryl methyl sites for hydroxylation is 1. The molecule has 6 rings (SSSR count). The summed E-state index contributed by atoms with van der Waals surface area (Å²) < 4.78 is 22.0. The zero-order chi connectivity index (χ0) is 30.9. The summed E-state index contributed by atoms with van der Waals surface area (Å²) >= 11 is 0. The molecule has 0 radical (unpaired) electrons. The first-order chi connectivity index (χ1) is 21.1. The van der Waals surface area contributed by atoms with Crippen LogP contribution in [0, 0.1) is 18.8 Å². The lowest BCUT2D eigenvalue weighted by molar-refractivity contribution is -0.241. The van der Waals surface area contributed by atoms with E-state index >= 15 is 0 Å². The third-order valence-electron chi connectivity index (χ3n) is 8.35. The standard InChI is InChI=1S/C26H32N10O8/c1-3-14-4-8-25(9-5-14)41-21(39)18(22(40)42-25)32-36-24-28-16(30-34-24)12-15-6-10-26(11-7-15)43-19(37)17(20(38)44-26)31-35-23-27-13(2)29-33-23/h14-15H,3-12H2,1-2H3,(H2,27,29,33,35)(H2,28,30,34,36). The van der Waals surface area contributed by atoms with E-state index in [2.05, 4.69) is 58.3 Å². The van der Waals surface area contributed by atoms with Crippen LogP contribution in [0.3, 0.4) is 0 Å². The minimum absolute atomic E-state index is 0.0555. The summed E-state index contributed by atoms with van der Waals surface area (Å²) in [5.41, 5.74) is 3.91. The minimum atomic E-state index is -1.35. The van der Waals surface area contributed by atoms with E-state index in [1.54, 1.807) is 6.92 Å². The Kier molecular flexibility index (Phi) is 7.73. The Balaban J connectivity index is 0.985. The number of carbonyl (C=O) groups is 4. The maximum absolute atomic E-state index is 12.6. The van der Waals surface area contributed by atoms with Gasteiger partial charge in [0.25, 0.3) is 34.9 Å². The average molecular weight is 613 g/mol. The van der Waals surface area contributed by atoms with Crippen LogP contribution in [0.2, 0.25) is 0 Å². The Morgan fingerprint density at radius 3 is 1.64 bits per heavy atom. The number of hydrogen-bond donors (Lipinski definition) is 4. The molecule has 234 valence electrons. The van der Waals surface area contributed by atoms with Gasteiger partial charge in [0, 0.05) is 32.1 Å². The molecule has 4 aliphatic rings. The second-order valence-electron chi connectivity index (χ2n) is 11.4. The van der Waals surface area contributed by atoms with E-state index in [4.69, 9.17) is 18.9 Å². The zero-order valence-corrected chi connectivity index (χ0v) is 24.2. The van der Waals surface area contributed by atoms with Gasteiger partial charge in [-0.15, -0.1) is 10.2 Å². The number of esters is 4. The van der Waals surface area contributed by atoms with Crippen molar-refractivity contribution in [3.05, 3.63) is 11.6 Å². The number of ether oxygens (including phenoxy) is 4. The van der Waals surface area contributed by atoms with Crippen molar-refractivity contribution in [1.82, 2.24) is 30.4 Å². The number of anilines is 2. The van der Waals surface area contributed by atoms with Crippen LogP contribution in [0.25, 0.3) is 0 Å². The van der Waals surface area contributed by atoms with E-state index in [0.717, 1.165) is 19.3 Å².